The number of benzene rings is 1. The van der Waals surface area contributed by atoms with Gasteiger partial charge >= 0.3 is 0 Å². The van der Waals surface area contributed by atoms with Crippen molar-refractivity contribution in [3.63, 3.8) is 0 Å². The molecule has 1 aromatic carbocycles. The summed E-state index contributed by atoms with van der Waals surface area (Å²) in [6, 6.07) is 8.45. The van der Waals surface area contributed by atoms with Gasteiger partial charge in [0.15, 0.2) is 0 Å². The summed E-state index contributed by atoms with van der Waals surface area (Å²) in [6.07, 6.45) is 0.585. The van der Waals surface area contributed by atoms with E-state index in [1.54, 1.807) is 0 Å². The molecular weight excluding hydrogens is 300 g/mol. The summed E-state index contributed by atoms with van der Waals surface area (Å²) in [5.41, 5.74) is 2.46. The van der Waals surface area contributed by atoms with E-state index < -0.39 is 0 Å². The highest BCUT2D eigenvalue weighted by molar-refractivity contribution is 5.76. The molecule has 1 aliphatic rings. The van der Waals surface area contributed by atoms with Gasteiger partial charge in [0.05, 0.1) is 13.2 Å². The molecule has 1 aromatic rings. The first-order valence-electron chi connectivity index (χ1n) is 8.97. The highest BCUT2D eigenvalue weighted by Gasteiger charge is 2.22. The van der Waals surface area contributed by atoms with Crippen LogP contribution in [0.15, 0.2) is 24.3 Å². The third-order valence-corrected chi connectivity index (χ3v) is 4.28. The van der Waals surface area contributed by atoms with Crippen LogP contribution in [0.25, 0.3) is 0 Å². The van der Waals surface area contributed by atoms with Gasteiger partial charge in [-0.3, -0.25) is 9.69 Å². The average molecular weight is 332 g/mol. The monoisotopic (exact) mass is 332 g/mol. The first kappa shape index (κ1) is 18.9. The van der Waals surface area contributed by atoms with Crippen molar-refractivity contribution in [2.45, 2.75) is 40.7 Å². The molecule has 0 spiro atoms. The summed E-state index contributed by atoms with van der Waals surface area (Å²) < 4.78 is 5.41. The summed E-state index contributed by atoms with van der Waals surface area (Å²) in [7, 11) is 0. The minimum absolute atomic E-state index is 0.0148. The van der Waals surface area contributed by atoms with Gasteiger partial charge in [0, 0.05) is 39.1 Å². The zero-order chi connectivity index (χ0) is 17.6. The zero-order valence-electron chi connectivity index (χ0n) is 15.7. The normalized spacial score (nSPS) is 16.2. The SMILES string of the molecule is Cc1cccc(CN(CCN2CCOCC2)C(=O)CC(C)(C)C)c1. The number of hydrogen-bond donors (Lipinski definition) is 0. The first-order valence-corrected chi connectivity index (χ1v) is 8.97. The number of aryl methyl sites for hydroxylation is 1. The number of rotatable bonds is 6. The van der Waals surface area contributed by atoms with Gasteiger partial charge in [0.1, 0.15) is 0 Å². The van der Waals surface area contributed by atoms with E-state index in [1.165, 1.54) is 11.1 Å². The van der Waals surface area contributed by atoms with Gasteiger partial charge in [-0.15, -0.1) is 0 Å². The van der Waals surface area contributed by atoms with Crippen LogP contribution in [0.2, 0.25) is 0 Å². The highest BCUT2D eigenvalue weighted by atomic mass is 16.5. The Bertz CT molecular complexity index is 531. The van der Waals surface area contributed by atoms with E-state index in [0.29, 0.717) is 13.0 Å². The first-order chi connectivity index (χ1) is 11.3. The number of amides is 1. The summed E-state index contributed by atoms with van der Waals surface area (Å²) in [4.78, 5) is 17.2. The number of morpholine rings is 1. The standard InChI is InChI=1S/C20H32N2O2/c1-17-6-5-7-18(14-17)16-22(19(23)15-20(2,3)4)9-8-21-10-12-24-13-11-21/h5-7,14H,8-13,15-16H2,1-4H3. The number of nitrogens with zero attached hydrogens (tertiary/aromatic N) is 2. The van der Waals surface area contributed by atoms with Crippen molar-refractivity contribution < 1.29 is 9.53 Å². The van der Waals surface area contributed by atoms with Crippen molar-refractivity contribution in [2.24, 2.45) is 5.41 Å². The van der Waals surface area contributed by atoms with Crippen molar-refractivity contribution in [2.75, 3.05) is 39.4 Å². The van der Waals surface area contributed by atoms with Crippen molar-refractivity contribution in [3.05, 3.63) is 35.4 Å². The van der Waals surface area contributed by atoms with Crippen LogP contribution in [0.1, 0.15) is 38.3 Å². The molecule has 0 N–H and O–H groups in total. The van der Waals surface area contributed by atoms with Gasteiger partial charge < -0.3 is 9.64 Å². The molecule has 0 saturated carbocycles. The molecule has 0 aromatic heterocycles. The second-order valence-electron chi connectivity index (χ2n) is 8.00. The maximum absolute atomic E-state index is 12.8. The van der Waals surface area contributed by atoms with Crippen molar-refractivity contribution in [3.8, 4) is 0 Å². The van der Waals surface area contributed by atoms with Gasteiger partial charge in [-0.2, -0.15) is 0 Å². The molecule has 4 nitrogen and oxygen atoms in total. The molecule has 0 aliphatic carbocycles. The van der Waals surface area contributed by atoms with Crippen LogP contribution in [0.5, 0.6) is 0 Å². The number of carbonyl (C=O) groups excluding carboxylic acids is 1. The highest BCUT2D eigenvalue weighted by Crippen LogP contribution is 2.21. The lowest BCUT2D eigenvalue weighted by atomic mass is 9.91. The van der Waals surface area contributed by atoms with Gasteiger partial charge in [0.2, 0.25) is 5.91 Å². The smallest absolute Gasteiger partial charge is 0.223 e. The van der Waals surface area contributed by atoms with E-state index in [4.69, 9.17) is 4.74 Å². The molecule has 24 heavy (non-hydrogen) atoms. The minimum atomic E-state index is 0.0148. The number of ether oxygens (including phenoxy) is 1. The molecule has 0 radical (unpaired) electrons. The van der Waals surface area contributed by atoms with Gasteiger partial charge in [-0.05, 0) is 17.9 Å². The minimum Gasteiger partial charge on any atom is -0.379 e. The molecule has 0 atom stereocenters. The zero-order valence-corrected chi connectivity index (χ0v) is 15.7. The number of hydrogen-bond acceptors (Lipinski definition) is 3. The van der Waals surface area contributed by atoms with Crippen molar-refractivity contribution in [1.82, 2.24) is 9.80 Å². The van der Waals surface area contributed by atoms with E-state index in [0.717, 1.165) is 39.4 Å². The molecule has 0 bridgehead atoms. The van der Waals surface area contributed by atoms with Crippen LogP contribution in [0, 0.1) is 12.3 Å². The lowest BCUT2D eigenvalue weighted by Crippen LogP contribution is -2.43. The van der Waals surface area contributed by atoms with Crippen molar-refractivity contribution in [1.29, 1.82) is 0 Å². The summed E-state index contributed by atoms with van der Waals surface area (Å²) >= 11 is 0. The Labute approximate surface area is 146 Å². The molecule has 0 unspecified atom stereocenters. The second kappa shape index (κ2) is 8.63. The van der Waals surface area contributed by atoms with Crippen LogP contribution in [-0.2, 0) is 16.1 Å². The van der Waals surface area contributed by atoms with Crippen LogP contribution in [0.3, 0.4) is 0 Å². The Morgan fingerprint density at radius 3 is 2.58 bits per heavy atom. The maximum atomic E-state index is 12.8. The van der Waals surface area contributed by atoms with Crippen molar-refractivity contribution >= 4 is 5.91 Å². The molecular formula is C20H32N2O2. The molecule has 1 amide bonds. The molecule has 1 fully saturated rings. The van der Waals surface area contributed by atoms with E-state index in [9.17, 15) is 4.79 Å². The van der Waals surface area contributed by atoms with Gasteiger partial charge in [-0.1, -0.05) is 50.6 Å². The topological polar surface area (TPSA) is 32.8 Å². The lowest BCUT2D eigenvalue weighted by molar-refractivity contribution is -0.134. The molecule has 1 heterocycles. The summed E-state index contributed by atoms with van der Waals surface area (Å²) in [5.74, 6) is 0.247. The molecule has 1 aliphatic heterocycles. The summed E-state index contributed by atoms with van der Waals surface area (Å²) in [5, 5.41) is 0. The van der Waals surface area contributed by atoms with Gasteiger partial charge in [0.25, 0.3) is 0 Å². The van der Waals surface area contributed by atoms with Crippen LogP contribution >= 0.6 is 0 Å². The fourth-order valence-electron chi connectivity index (χ4n) is 2.98. The molecule has 4 heteroatoms. The van der Waals surface area contributed by atoms with Crippen LogP contribution < -0.4 is 0 Å². The Morgan fingerprint density at radius 2 is 1.96 bits per heavy atom. The molecule has 1 saturated heterocycles. The van der Waals surface area contributed by atoms with Crippen LogP contribution in [-0.4, -0.2) is 55.1 Å². The quantitative estimate of drug-likeness (QED) is 0.802. The number of carbonyl (C=O) groups is 1. The predicted molar refractivity (Wildman–Crippen MR) is 97.9 cm³/mol. The Hall–Kier alpha value is -1.39. The van der Waals surface area contributed by atoms with Gasteiger partial charge in [-0.25, -0.2) is 0 Å². The van der Waals surface area contributed by atoms with E-state index in [-0.39, 0.29) is 11.3 Å². The Kier molecular flexibility index (Phi) is 6.81. The van der Waals surface area contributed by atoms with E-state index in [2.05, 4.69) is 56.9 Å². The van der Waals surface area contributed by atoms with Crippen LogP contribution in [0.4, 0.5) is 0 Å². The Balaban J connectivity index is 2.00. The van der Waals surface area contributed by atoms with E-state index >= 15 is 0 Å². The third-order valence-electron chi connectivity index (χ3n) is 4.28. The van der Waals surface area contributed by atoms with E-state index in [1.807, 2.05) is 4.90 Å². The third kappa shape index (κ3) is 6.62. The molecule has 2 rings (SSSR count). The fourth-order valence-corrected chi connectivity index (χ4v) is 2.98. The fraction of sp³-hybridized carbons (Fsp3) is 0.650. The predicted octanol–water partition coefficient (Wildman–Crippen LogP) is 3.09. The Morgan fingerprint density at radius 1 is 1.25 bits per heavy atom. The maximum Gasteiger partial charge on any atom is 0.223 e. The summed E-state index contributed by atoms with van der Waals surface area (Å²) in [6.45, 7) is 14.4. The largest absolute Gasteiger partial charge is 0.379 e. The average Bonchev–Trinajstić information content (AvgIpc) is 2.50. The lowest BCUT2D eigenvalue weighted by Gasteiger charge is -2.31. The molecule has 134 valence electrons. The second-order valence-corrected chi connectivity index (χ2v) is 8.00.